The highest BCUT2D eigenvalue weighted by atomic mass is 19.1. The standard InChI is InChI=1S/C28H24FN3O2/c1-32-9-8-17-3-2-16(10-25(17)32)14-30-15-19-11-18-12-20(29)4-6-22(18)26(19)27-24-13-21(33)5-7-23(24)28(34)31-27/h2-10,12-13,27,30,33H,11,14-15H2,1H3,(H,31,34). The Labute approximate surface area is 196 Å². The van der Waals surface area contributed by atoms with Crippen molar-refractivity contribution in [2.24, 2.45) is 7.05 Å². The van der Waals surface area contributed by atoms with E-state index in [0.29, 0.717) is 25.1 Å². The quantitative estimate of drug-likeness (QED) is 0.414. The molecule has 6 rings (SSSR count). The number of hydrogen-bond acceptors (Lipinski definition) is 3. The van der Waals surface area contributed by atoms with Crippen LogP contribution in [0, 0.1) is 5.82 Å². The summed E-state index contributed by atoms with van der Waals surface area (Å²) in [6, 6.07) is 17.8. The number of aryl methyl sites for hydroxylation is 1. The topological polar surface area (TPSA) is 66.3 Å². The number of benzene rings is 3. The minimum Gasteiger partial charge on any atom is -0.508 e. The molecule has 4 aromatic rings. The van der Waals surface area contributed by atoms with Gasteiger partial charge in [0.15, 0.2) is 0 Å². The zero-order chi connectivity index (χ0) is 23.4. The van der Waals surface area contributed by atoms with Crippen molar-refractivity contribution in [2.45, 2.75) is 19.0 Å². The van der Waals surface area contributed by atoms with E-state index in [2.05, 4.69) is 45.7 Å². The molecule has 0 fully saturated rings. The van der Waals surface area contributed by atoms with Crippen LogP contribution in [0.5, 0.6) is 5.75 Å². The average molecular weight is 454 g/mol. The van der Waals surface area contributed by atoms with Crippen LogP contribution in [0.2, 0.25) is 0 Å². The van der Waals surface area contributed by atoms with E-state index in [9.17, 15) is 14.3 Å². The van der Waals surface area contributed by atoms with E-state index in [0.717, 1.165) is 27.8 Å². The van der Waals surface area contributed by atoms with Crippen molar-refractivity contribution in [1.82, 2.24) is 15.2 Å². The number of halogens is 1. The number of carbonyl (C=O) groups is 1. The van der Waals surface area contributed by atoms with Crippen molar-refractivity contribution >= 4 is 22.4 Å². The van der Waals surface area contributed by atoms with Gasteiger partial charge in [-0.3, -0.25) is 4.79 Å². The van der Waals surface area contributed by atoms with E-state index in [1.807, 2.05) is 7.05 Å². The molecule has 1 unspecified atom stereocenters. The fourth-order valence-electron chi connectivity index (χ4n) is 5.29. The number of phenols is 1. The predicted octanol–water partition coefficient (Wildman–Crippen LogP) is 4.61. The van der Waals surface area contributed by atoms with Crippen molar-refractivity contribution in [3.05, 3.63) is 106 Å². The number of carbonyl (C=O) groups excluding carboxylic acids is 1. The SMILES string of the molecule is Cn1ccc2ccc(CNCC3=C(C4NC(=O)c5ccc(O)cc54)c4ccc(F)cc4C3)cc21. The zero-order valence-electron chi connectivity index (χ0n) is 18.7. The van der Waals surface area contributed by atoms with Crippen LogP contribution < -0.4 is 10.6 Å². The maximum Gasteiger partial charge on any atom is 0.252 e. The Hall–Kier alpha value is -3.90. The second-order valence-electron chi connectivity index (χ2n) is 9.10. The third-order valence-corrected chi connectivity index (χ3v) is 6.92. The van der Waals surface area contributed by atoms with E-state index in [-0.39, 0.29) is 23.5 Å². The highest BCUT2D eigenvalue weighted by molar-refractivity contribution is 6.02. The van der Waals surface area contributed by atoms with E-state index in [4.69, 9.17) is 0 Å². The summed E-state index contributed by atoms with van der Waals surface area (Å²) in [5.41, 5.74) is 7.65. The molecule has 1 amide bonds. The fourth-order valence-corrected chi connectivity index (χ4v) is 5.29. The number of phenolic OH excluding ortho intramolecular Hbond substituents is 1. The van der Waals surface area contributed by atoms with Crippen molar-refractivity contribution < 1.29 is 14.3 Å². The zero-order valence-corrected chi connectivity index (χ0v) is 18.7. The first-order chi connectivity index (χ1) is 16.5. The number of fused-ring (bicyclic) bond motifs is 3. The first kappa shape index (κ1) is 20.7. The molecule has 3 N–H and O–H groups in total. The van der Waals surface area contributed by atoms with Crippen LogP contribution in [0.15, 0.2) is 72.4 Å². The molecule has 2 heterocycles. The molecule has 1 aromatic heterocycles. The molecule has 6 heteroatoms. The van der Waals surface area contributed by atoms with E-state index in [1.54, 1.807) is 24.3 Å². The van der Waals surface area contributed by atoms with Crippen molar-refractivity contribution in [2.75, 3.05) is 6.54 Å². The molecule has 1 atom stereocenters. The average Bonchev–Trinajstić information content (AvgIpc) is 3.46. The van der Waals surface area contributed by atoms with Gasteiger partial charge in [0.05, 0.1) is 6.04 Å². The summed E-state index contributed by atoms with van der Waals surface area (Å²) in [4.78, 5) is 12.6. The molecule has 1 aliphatic heterocycles. The lowest BCUT2D eigenvalue weighted by Gasteiger charge is -2.18. The molecule has 2 aliphatic rings. The number of amides is 1. The monoisotopic (exact) mass is 453 g/mol. The number of nitrogens with zero attached hydrogens (tertiary/aromatic N) is 1. The Morgan fingerprint density at radius 1 is 1.06 bits per heavy atom. The number of aromatic nitrogens is 1. The van der Waals surface area contributed by atoms with Gasteiger partial charge in [0.1, 0.15) is 11.6 Å². The van der Waals surface area contributed by atoms with Gasteiger partial charge in [-0.25, -0.2) is 4.39 Å². The predicted molar refractivity (Wildman–Crippen MR) is 130 cm³/mol. The van der Waals surface area contributed by atoms with E-state index < -0.39 is 0 Å². The third kappa shape index (κ3) is 3.38. The Kier molecular flexibility index (Phi) is 4.78. The van der Waals surface area contributed by atoms with Gasteiger partial charge >= 0.3 is 0 Å². The van der Waals surface area contributed by atoms with Gasteiger partial charge in [0.25, 0.3) is 5.91 Å². The third-order valence-electron chi connectivity index (χ3n) is 6.92. The van der Waals surface area contributed by atoms with Gasteiger partial charge in [0, 0.05) is 37.4 Å². The maximum absolute atomic E-state index is 14.0. The smallest absolute Gasteiger partial charge is 0.252 e. The van der Waals surface area contributed by atoms with E-state index >= 15 is 0 Å². The summed E-state index contributed by atoms with van der Waals surface area (Å²) in [5.74, 6) is -0.308. The normalized spacial score (nSPS) is 16.8. The second-order valence-corrected chi connectivity index (χ2v) is 9.10. The molecule has 34 heavy (non-hydrogen) atoms. The van der Waals surface area contributed by atoms with Crippen LogP contribution in [0.1, 0.15) is 38.7 Å². The lowest BCUT2D eigenvalue weighted by atomic mass is 9.92. The number of nitrogens with one attached hydrogen (secondary N) is 2. The highest BCUT2D eigenvalue weighted by Gasteiger charge is 2.36. The first-order valence-corrected chi connectivity index (χ1v) is 11.4. The van der Waals surface area contributed by atoms with Crippen LogP contribution in [0.4, 0.5) is 4.39 Å². The first-order valence-electron chi connectivity index (χ1n) is 11.4. The summed E-state index contributed by atoms with van der Waals surface area (Å²) in [6.07, 6.45) is 2.67. The van der Waals surface area contributed by atoms with Gasteiger partial charge in [-0.05, 0) is 87.7 Å². The summed E-state index contributed by atoms with van der Waals surface area (Å²) < 4.78 is 16.1. The van der Waals surface area contributed by atoms with Crippen LogP contribution in [-0.2, 0) is 20.0 Å². The van der Waals surface area contributed by atoms with E-state index in [1.165, 1.54) is 28.6 Å². The second kappa shape index (κ2) is 7.85. The summed E-state index contributed by atoms with van der Waals surface area (Å²) in [5, 5.41) is 17.9. The van der Waals surface area contributed by atoms with Crippen molar-refractivity contribution in [3.63, 3.8) is 0 Å². The van der Waals surface area contributed by atoms with Gasteiger partial charge in [0.2, 0.25) is 0 Å². The van der Waals surface area contributed by atoms with Crippen molar-refractivity contribution in [1.29, 1.82) is 0 Å². The largest absolute Gasteiger partial charge is 0.508 e. The van der Waals surface area contributed by atoms with Crippen molar-refractivity contribution in [3.8, 4) is 5.75 Å². The van der Waals surface area contributed by atoms with Gasteiger partial charge in [-0.2, -0.15) is 0 Å². The van der Waals surface area contributed by atoms with Gasteiger partial charge in [-0.15, -0.1) is 0 Å². The van der Waals surface area contributed by atoms with Crippen LogP contribution in [0.3, 0.4) is 0 Å². The Bertz CT molecular complexity index is 1500. The molecule has 0 saturated carbocycles. The molecular weight excluding hydrogens is 429 g/mol. The highest BCUT2D eigenvalue weighted by Crippen LogP contribution is 2.44. The molecule has 1 aliphatic carbocycles. The number of hydrogen-bond donors (Lipinski definition) is 3. The lowest BCUT2D eigenvalue weighted by molar-refractivity contribution is 0.0962. The van der Waals surface area contributed by atoms with Crippen LogP contribution >= 0.6 is 0 Å². The molecule has 0 spiro atoms. The maximum atomic E-state index is 14.0. The van der Waals surface area contributed by atoms with Gasteiger partial charge in [-0.1, -0.05) is 18.2 Å². The molecule has 0 bridgehead atoms. The molecule has 3 aromatic carbocycles. The number of rotatable bonds is 5. The molecule has 0 saturated heterocycles. The van der Waals surface area contributed by atoms with Crippen LogP contribution in [0.25, 0.3) is 16.5 Å². The Morgan fingerprint density at radius 2 is 1.91 bits per heavy atom. The van der Waals surface area contributed by atoms with Crippen LogP contribution in [-0.4, -0.2) is 22.1 Å². The molecule has 5 nitrogen and oxygen atoms in total. The van der Waals surface area contributed by atoms with Gasteiger partial charge < -0.3 is 20.3 Å². The molecular formula is C28H24FN3O2. The Morgan fingerprint density at radius 3 is 2.79 bits per heavy atom. The number of aromatic hydroxyl groups is 1. The fraction of sp³-hybridized carbons (Fsp3) is 0.179. The minimum absolute atomic E-state index is 0.119. The Balaban J connectivity index is 1.32. The summed E-state index contributed by atoms with van der Waals surface area (Å²) >= 11 is 0. The minimum atomic E-state index is -0.377. The summed E-state index contributed by atoms with van der Waals surface area (Å²) in [7, 11) is 2.04. The molecule has 170 valence electrons. The lowest BCUT2D eigenvalue weighted by Crippen LogP contribution is -2.22. The summed E-state index contributed by atoms with van der Waals surface area (Å²) in [6.45, 7) is 1.30. The molecule has 0 radical (unpaired) electrons.